The Kier molecular flexibility index (Phi) is 4.16. The summed E-state index contributed by atoms with van der Waals surface area (Å²) < 4.78 is 10.3. The van der Waals surface area contributed by atoms with Gasteiger partial charge in [0.1, 0.15) is 0 Å². The molecule has 2 aliphatic heterocycles. The van der Waals surface area contributed by atoms with Gasteiger partial charge in [0.25, 0.3) is 0 Å². The molecule has 0 saturated carbocycles. The average molecular weight is 222 g/mol. The number of ether oxygens (including phenoxy) is 2. The number of rotatable bonds is 1. The molecule has 0 radical (unpaired) electrons. The molecular formula is C9H16ClNO3. The monoisotopic (exact) mass is 221 g/mol. The maximum atomic E-state index is 11.2. The van der Waals surface area contributed by atoms with E-state index in [9.17, 15) is 4.79 Å². The fourth-order valence-electron chi connectivity index (χ4n) is 2.11. The molecule has 82 valence electrons. The van der Waals surface area contributed by atoms with Crippen LogP contribution in [0.25, 0.3) is 0 Å². The summed E-state index contributed by atoms with van der Waals surface area (Å²) >= 11 is 0. The lowest BCUT2D eigenvalue weighted by Gasteiger charge is -2.29. The second kappa shape index (κ2) is 4.96. The number of nitrogens with one attached hydrogen (secondary N) is 1. The summed E-state index contributed by atoms with van der Waals surface area (Å²) in [5.74, 6) is 0.367. The lowest BCUT2D eigenvalue weighted by Crippen LogP contribution is -2.39. The number of methoxy groups -OCH3 is 1. The smallest absolute Gasteiger partial charge is 0.334 e. The van der Waals surface area contributed by atoms with Crippen LogP contribution in [0.5, 0.6) is 0 Å². The van der Waals surface area contributed by atoms with Gasteiger partial charge in [-0.05, 0) is 18.8 Å². The van der Waals surface area contributed by atoms with Crippen LogP contribution in [-0.4, -0.2) is 38.4 Å². The second-order valence-electron chi connectivity index (χ2n) is 3.68. The molecule has 2 fully saturated rings. The summed E-state index contributed by atoms with van der Waals surface area (Å²) in [6, 6.07) is 0. The van der Waals surface area contributed by atoms with E-state index in [0.29, 0.717) is 5.92 Å². The van der Waals surface area contributed by atoms with Gasteiger partial charge in [-0.2, -0.15) is 0 Å². The van der Waals surface area contributed by atoms with Crippen LogP contribution in [-0.2, 0) is 14.3 Å². The summed E-state index contributed by atoms with van der Waals surface area (Å²) in [5.41, 5.74) is 0. The Labute approximate surface area is 89.7 Å². The number of carbonyl (C=O) groups excluding carboxylic acids is 1. The van der Waals surface area contributed by atoms with Gasteiger partial charge in [0.2, 0.25) is 0 Å². The van der Waals surface area contributed by atoms with Crippen LogP contribution in [0.2, 0.25) is 0 Å². The Morgan fingerprint density at radius 3 is 2.93 bits per heavy atom. The maximum Gasteiger partial charge on any atom is 0.334 e. The molecule has 0 unspecified atom stereocenters. The number of halogens is 1. The van der Waals surface area contributed by atoms with E-state index in [4.69, 9.17) is 4.74 Å². The van der Waals surface area contributed by atoms with E-state index in [1.807, 2.05) is 0 Å². The molecule has 0 aromatic rings. The molecule has 0 bridgehead atoms. The quantitative estimate of drug-likeness (QED) is 0.650. The molecule has 3 atom stereocenters. The zero-order valence-corrected chi connectivity index (χ0v) is 9.01. The van der Waals surface area contributed by atoms with Gasteiger partial charge in [-0.25, -0.2) is 4.79 Å². The van der Waals surface area contributed by atoms with E-state index >= 15 is 0 Å². The van der Waals surface area contributed by atoms with E-state index in [2.05, 4.69) is 10.1 Å². The van der Waals surface area contributed by atoms with Crippen LogP contribution in [0.4, 0.5) is 0 Å². The first-order chi connectivity index (χ1) is 6.31. The number of fused-ring (bicyclic) bond motifs is 1. The van der Waals surface area contributed by atoms with E-state index < -0.39 is 0 Å². The van der Waals surface area contributed by atoms with E-state index in [-0.39, 0.29) is 30.6 Å². The Morgan fingerprint density at radius 1 is 1.43 bits per heavy atom. The van der Waals surface area contributed by atoms with E-state index in [1.54, 1.807) is 0 Å². The molecule has 0 aliphatic carbocycles. The van der Waals surface area contributed by atoms with Crippen LogP contribution in [0.15, 0.2) is 0 Å². The van der Waals surface area contributed by atoms with Gasteiger partial charge in [0.15, 0.2) is 6.10 Å². The van der Waals surface area contributed by atoms with E-state index in [1.165, 1.54) is 7.11 Å². The second-order valence-corrected chi connectivity index (χ2v) is 3.68. The first-order valence-corrected chi connectivity index (χ1v) is 4.75. The van der Waals surface area contributed by atoms with Gasteiger partial charge < -0.3 is 14.8 Å². The number of hydrogen-bond donors (Lipinski definition) is 1. The van der Waals surface area contributed by atoms with Crippen molar-refractivity contribution < 1.29 is 14.3 Å². The number of carbonyl (C=O) groups is 1. The van der Waals surface area contributed by atoms with Crippen molar-refractivity contribution >= 4 is 18.4 Å². The molecule has 4 nitrogen and oxygen atoms in total. The highest BCUT2D eigenvalue weighted by molar-refractivity contribution is 5.85. The highest BCUT2D eigenvalue weighted by Crippen LogP contribution is 2.27. The van der Waals surface area contributed by atoms with Crippen LogP contribution in [0, 0.1) is 5.92 Å². The fraction of sp³-hybridized carbons (Fsp3) is 0.889. The third kappa shape index (κ3) is 2.19. The van der Waals surface area contributed by atoms with Crippen molar-refractivity contribution in [1.82, 2.24) is 5.32 Å². The molecule has 2 saturated heterocycles. The lowest BCUT2D eigenvalue weighted by molar-refractivity contribution is -0.164. The Balaban J connectivity index is 0.000000980. The molecule has 5 heteroatoms. The Bertz CT molecular complexity index is 212. The van der Waals surface area contributed by atoms with Gasteiger partial charge in [-0.15, -0.1) is 12.4 Å². The fourth-order valence-corrected chi connectivity index (χ4v) is 2.11. The molecular weight excluding hydrogens is 206 g/mol. The molecule has 0 aromatic heterocycles. The van der Waals surface area contributed by atoms with Crippen molar-refractivity contribution in [3.05, 3.63) is 0 Å². The highest BCUT2D eigenvalue weighted by Gasteiger charge is 2.37. The third-order valence-corrected chi connectivity index (χ3v) is 2.88. The minimum Gasteiger partial charge on any atom is -0.467 e. The predicted octanol–water partition coefficient (Wildman–Crippen LogP) is 0.348. The van der Waals surface area contributed by atoms with Crippen molar-refractivity contribution in [2.75, 3.05) is 20.2 Å². The largest absolute Gasteiger partial charge is 0.467 e. The summed E-state index contributed by atoms with van der Waals surface area (Å²) in [6.45, 7) is 1.90. The summed E-state index contributed by atoms with van der Waals surface area (Å²) in [7, 11) is 1.41. The first kappa shape index (κ1) is 11.8. The highest BCUT2D eigenvalue weighted by atomic mass is 35.5. The zero-order chi connectivity index (χ0) is 9.26. The minimum atomic E-state index is -0.328. The van der Waals surface area contributed by atoms with Crippen molar-refractivity contribution in [2.45, 2.75) is 25.0 Å². The van der Waals surface area contributed by atoms with Crippen LogP contribution in [0.3, 0.4) is 0 Å². The molecule has 14 heavy (non-hydrogen) atoms. The minimum absolute atomic E-state index is 0. The number of esters is 1. The normalized spacial score (nSPS) is 35.6. The Hall–Kier alpha value is -0.320. The van der Waals surface area contributed by atoms with Gasteiger partial charge in [-0.1, -0.05) is 0 Å². The molecule has 0 spiro atoms. The van der Waals surface area contributed by atoms with Crippen molar-refractivity contribution in [2.24, 2.45) is 5.92 Å². The van der Waals surface area contributed by atoms with Crippen LogP contribution >= 0.6 is 12.4 Å². The molecule has 0 aromatic carbocycles. The maximum absolute atomic E-state index is 11.2. The SMILES string of the molecule is COC(=O)[C@H]1CC[C@@H]2CNC[C@H]2O1.Cl. The summed E-state index contributed by atoms with van der Waals surface area (Å²) in [4.78, 5) is 11.2. The van der Waals surface area contributed by atoms with E-state index in [0.717, 1.165) is 25.9 Å². The molecule has 2 heterocycles. The van der Waals surface area contributed by atoms with Gasteiger partial charge >= 0.3 is 5.97 Å². The first-order valence-electron chi connectivity index (χ1n) is 4.75. The zero-order valence-electron chi connectivity index (χ0n) is 8.19. The van der Waals surface area contributed by atoms with Gasteiger partial charge in [0, 0.05) is 13.1 Å². The summed E-state index contributed by atoms with van der Waals surface area (Å²) in [6.07, 6.45) is 1.76. The van der Waals surface area contributed by atoms with Crippen LogP contribution in [0.1, 0.15) is 12.8 Å². The van der Waals surface area contributed by atoms with Crippen molar-refractivity contribution in [3.63, 3.8) is 0 Å². The molecule has 2 rings (SSSR count). The third-order valence-electron chi connectivity index (χ3n) is 2.88. The lowest BCUT2D eigenvalue weighted by atomic mass is 9.94. The summed E-state index contributed by atoms with van der Waals surface area (Å²) in [5, 5.41) is 3.26. The van der Waals surface area contributed by atoms with Crippen molar-refractivity contribution in [1.29, 1.82) is 0 Å². The predicted molar refractivity (Wildman–Crippen MR) is 53.5 cm³/mol. The standard InChI is InChI=1S/C9H15NO3.ClH/c1-12-9(11)7-3-2-6-4-10-5-8(6)13-7;/h6-8,10H,2-5H2,1H3;1H/t6-,7-,8-;/m1./s1. The van der Waals surface area contributed by atoms with Crippen LogP contribution < -0.4 is 5.32 Å². The average Bonchev–Trinajstić information content (AvgIpc) is 2.63. The topological polar surface area (TPSA) is 47.6 Å². The number of hydrogen-bond acceptors (Lipinski definition) is 4. The van der Waals surface area contributed by atoms with Gasteiger partial charge in [0.05, 0.1) is 13.2 Å². The van der Waals surface area contributed by atoms with Crippen molar-refractivity contribution in [3.8, 4) is 0 Å². The molecule has 1 N–H and O–H groups in total. The Morgan fingerprint density at radius 2 is 2.21 bits per heavy atom. The molecule has 0 amide bonds. The molecule has 2 aliphatic rings. The van der Waals surface area contributed by atoms with Gasteiger partial charge in [-0.3, -0.25) is 0 Å².